The molecule has 1 aromatic rings. The minimum atomic E-state index is -0.920. The molecule has 2 rings (SSSR count). The number of benzene rings is 1. The lowest BCUT2D eigenvalue weighted by Gasteiger charge is -2.09. The number of carbonyl (C=O) groups excluding carboxylic acids is 1. The van der Waals surface area contributed by atoms with Crippen LogP contribution < -0.4 is 5.32 Å². The number of aliphatic carboxylic acids is 1. The summed E-state index contributed by atoms with van der Waals surface area (Å²) in [4.78, 5) is 22.5. The first-order valence-electron chi connectivity index (χ1n) is 5.39. The van der Waals surface area contributed by atoms with Crippen molar-refractivity contribution in [3.05, 3.63) is 27.2 Å². The van der Waals surface area contributed by atoms with E-state index in [1.165, 1.54) is 0 Å². The number of aryl methyl sites for hydroxylation is 1. The van der Waals surface area contributed by atoms with Crippen molar-refractivity contribution in [2.45, 2.75) is 13.3 Å². The van der Waals surface area contributed by atoms with E-state index in [9.17, 15) is 9.59 Å². The fourth-order valence-electron chi connectivity index (χ4n) is 1.80. The first kappa shape index (κ1) is 13.4. The van der Waals surface area contributed by atoms with Crippen LogP contribution in [0.4, 0.5) is 5.69 Å². The first-order chi connectivity index (χ1) is 8.40. The molecule has 1 saturated carbocycles. The third kappa shape index (κ3) is 2.67. The fraction of sp³-hybridized carbons (Fsp3) is 0.333. The highest BCUT2D eigenvalue weighted by Gasteiger charge is 2.48. The number of carboxylic acid groups (broad SMARTS) is 1. The lowest BCUT2D eigenvalue weighted by molar-refractivity contribution is -0.139. The maximum atomic E-state index is 11.8. The molecule has 1 aliphatic rings. The normalized spacial score (nSPS) is 21.5. The second-order valence-electron chi connectivity index (χ2n) is 4.36. The van der Waals surface area contributed by atoms with Gasteiger partial charge in [-0.2, -0.15) is 0 Å². The third-order valence-corrected chi connectivity index (χ3v) is 4.19. The molecule has 18 heavy (non-hydrogen) atoms. The molecule has 0 aliphatic heterocycles. The Bertz CT molecular complexity index is 532. The van der Waals surface area contributed by atoms with Crippen molar-refractivity contribution in [3.63, 3.8) is 0 Å². The van der Waals surface area contributed by atoms with Crippen LogP contribution in [0.5, 0.6) is 0 Å². The zero-order valence-electron chi connectivity index (χ0n) is 9.54. The van der Waals surface area contributed by atoms with E-state index in [2.05, 4.69) is 21.2 Å². The molecule has 0 radical (unpaired) electrons. The Hall–Kier alpha value is -1.07. The average Bonchev–Trinajstić information content (AvgIpc) is 3.04. The molecule has 2 atom stereocenters. The molecule has 0 bridgehead atoms. The number of nitrogens with one attached hydrogen (secondary N) is 1. The Morgan fingerprint density at radius 1 is 1.44 bits per heavy atom. The molecular formula is C12H11BrClNO3. The molecule has 0 spiro atoms. The van der Waals surface area contributed by atoms with Gasteiger partial charge in [0.2, 0.25) is 5.91 Å². The van der Waals surface area contributed by atoms with Gasteiger partial charge in [-0.05, 0) is 47.0 Å². The Labute approximate surface area is 117 Å². The molecular weight excluding hydrogens is 321 g/mol. The lowest BCUT2D eigenvalue weighted by Crippen LogP contribution is -2.17. The van der Waals surface area contributed by atoms with Gasteiger partial charge in [-0.25, -0.2) is 0 Å². The topological polar surface area (TPSA) is 66.4 Å². The van der Waals surface area contributed by atoms with Gasteiger partial charge in [-0.3, -0.25) is 9.59 Å². The van der Waals surface area contributed by atoms with E-state index in [1.54, 1.807) is 12.1 Å². The van der Waals surface area contributed by atoms with Gasteiger partial charge in [0.05, 0.1) is 17.5 Å². The minimum absolute atomic E-state index is 0.273. The van der Waals surface area contributed by atoms with Crippen LogP contribution in [0, 0.1) is 18.8 Å². The van der Waals surface area contributed by atoms with Gasteiger partial charge in [0.15, 0.2) is 0 Å². The Kier molecular flexibility index (Phi) is 3.64. The number of hydrogen-bond acceptors (Lipinski definition) is 2. The van der Waals surface area contributed by atoms with Crippen molar-refractivity contribution < 1.29 is 14.7 Å². The van der Waals surface area contributed by atoms with Crippen LogP contribution >= 0.6 is 27.5 Å². The summed E-state index contributed by atoms with van der Waals surface area (Å²) < 4.78 is 0.757. The second-order valence-corrected chi connectivity index (χ2v) is 5.59. The van der Waals surface area contributed by atoms with Crippen LogP contribution in [-0.4, -0.2) is 17.0 Å². The molecule has 1 aromatic carbocycles. The number of carboxylic acids is 1. The number of halogens is 2. The molecule has 1 amide bonds. The highest BCUT2D eigenvalue weighted by Crippen LogP contribution is 2.40. The number of hydrogen-bond donors (Lipinski definition) is 2. The van der Waals surface area contributed by atoms with Crippen LogP contribution in [0.1, 0.15) is 12.0 Å². The smallest absolute Gasteiger partial charge is 0.307 e. The molecule has 1 aliphatic carbocycles. The lowest BCUT2D eigenvalue weighted by atomic mass is 10.2. The second kappa shape index (κ2) is 4.90. The summed E-state index contributed by atoms with van der Waals surface area (Å²) in [5.41, 5.74) is 1.48. The van der Waals surface area contributed by atoms with Crippen molar-refractivity contribution in [1.29, 1.82) is 0 Å². The van der Waals surface area contributed by atoms with Crippen LogP contribution in [0.15, 0.2) is 16.6 Å². The van der Waals surface area contributed by atoms with Crippen LogP contribution in [0.25, 0.3) is 0 Å². The quantitative estimate of drug-likeness (QED) is 0.894. The monoisotopic (exact) mass is 331 g/mol. The highest BCUT2D eigenvalue weighted by molar-refractivity contribution is 9.10. The number of rotatable bonds is 3. The largest absolute Gasteiger partial charge is 0.481 e. The van der Waals surface area contributed by atoms with Gasteiger partial charge in [-0.1, -0.05) is 11.6 Å². The molecule has 1 fully saturated rings. The average molecular weight is 333 g/mol. The third-order valence-electron chi connectivity index (χ3n) is 2.92. The molecule has 96 valence electrons. The van der Waals surface area contributed by atoms with Gasteiger partial charge < -0.3 is 10.4 Å². The van der Waals surface area contributed by atoms with Gasteiger partial charge in [0, 0.05) is 9.50 Å². The van der Waals surface area contributed by atoms with Crippen LogP contribution in [-0.2, 0) is 9.59 Å². The minimum Gasteiger partial charge on any atom is -0.481 e. The predicted molar refractivity (Wildman–Crippen MR) is 71.8 cm³/mol. The van der Waals surface area contributed by atoms with Crippen molar-refractivity contribution in [2.75, 3.05) is 5.32 Å². The van der Waals surface area contributed by atoms with Crippen molar-refractivity contribution in [2.24, 2.45) is 11.8 Å². The van der Waals surface area contributed by atoms with Crippen molar-refractivity contribution >= 4 is 45.1 Å². The summed E-state index contributed by atoms with van der Waals surface area (Å²) in [7, 11) is 0. The van der Waals surface area contributed by atoms with Crippen LogP contribution in [0.2, 0.25) is 5.02 Å². The first-order valence-corrected chi connectivity index (χ1v) is 6.56. The van der Waals surface area contributed by atoms with E-state index >= 15 is 0 Å². The number of carbonyl (C=O) groups is 2. The maximum Gasteiger partial charge on any atom is 0.307 e. The van der Waals surface area contributed by atoms with Gasteiger partial charge in [0.1, 0.15) is 0 Å². The summed E-state index contributed by atoms with van der Waals surface area (Å²) in [5, 5.41) is 12.0. The van der Waals surface area contributed by atoms with E-state index in [0.29, 0.717) is 17.1 Å². The SMILES string of the molecule is Cc1cc(Cl)cc(NC(=O)[C@@H]2C[C@@H]2C(=O)O)c1Br. The van der Waals surface area contributed by atoms with Crippen molar-refractivity contribution in [1.82, 2.24) is 0 Å². The number of amides is 1. The summed E-state index contributed by atoms with van der Waals surface area (Å²) in [6, 6.07) is 3.41. The standard InChI is InChI=1S/C12H11BrClNO3/c1-5-2-6(14)3-9(10(5)13)15-11(16)7-4-8(7)12(17)18/h2-3,7-8H,4H2,1H3,(H,15,16)(H,17,18)/t7-,8+/m1/s1. The zero-order valence-corrected chi connectivity index (χ0v) is 11.9. The fourth-order valence-corrected chi connectivity index (χ4v) is 2.40. The predicted octanol–water partition coefficient (Wildman–Crippen LogP) is 3.07. The summed E-state index contributed by atoms with van der Waals surface area (Å²) >= 11 is 9.28. The number of anilines is 1. The Morgan fingerprint density at radius 2 is 2.11 bits per heavy atom. The van der Waals surface area contributed by atoms with Gasteiger partial charge in [0.25, 0.3) is 0 Å². The molecule has 4 nitrogen and oxygen atoms in total. The Balaban J connectivity index is 2.11. The molecule has 6 heteroatoms. The summed E-state index contributed by atoms with van der Waals surface area (Å²) in [5.74, 6) is -2.18. The van der Waals surface area contributed by atoms with Gasteiger partial charge >= 0.3 is 5.97 Å². The zero-order chi connectivity index (χ0) is 13.4. The molecule has 0 aromatic heterocycles. The van der Waals surface area contributed by atoms with E-state index in [4.69, 9.17) is 16.7 Å². The summed E-state index contributed by atoms with van der Waals surface area (Å²) in [6.07, 6.45) is 0.401. The molecule has 2 N–H and O–H groups in total. The molecule has 0 unspecified atom stereocenters. The van der Waals surface area contributed by atoms with E-state index in [0.717, 1.165) is 10.0 Å². The molecule has 0 saturated heterocycles. The van der Waals surface area contributed by atoms with Crippen LogP contribution in [0.3, 0.4) is 0 Å². The van der Waals surface area contributed by atoms with Crippen molar-refractivity contribution in [3.8, 4) is 0 Å². The maximum absolute atomic E-state index is 11.8. The summed E-state index contributed by atoms with van der Waals surface area (Å²) in [6.45, 7) is 1.86. The highest BCUT2D eigenvalue weighted by atomic mass is 79.9. The van der Waals surface area contributed by atoms with Gasteiger partial charge in [-0.15, -0.1) is 0 Å². The Morgan fingerprint density at radius 3 is 2.67 bits per heavy atom. The van der Waals surface area contributed by atoms with E-state index < -0.39 is 17.8 Å². The van der Waals surface area contributed by atoms with E-state index in [1.807, 2.05) is 6.92 Å². The van der Waals surface area contributed by atoms with E-state index in [-0.39, 0.29) is 5.91 Å². The molecule has 0 heterocycles.